The Bertz CT molecular complexity index is 871. The third-order valence-electron chi connectivity index (χ3n) is 4.96. The molecule has 3 rings (SSSR count). The van der Waals surface area contributed by atoms with Crippen molar-refractivity contribution in [2.45, 2.75) is 70.7 Å². The van der Waals surface area contributed by atoms with E-state index in [-0.39, 0.29) is 30.1 Å². The number of nitrogens with zero attached hydrogens (tertiary/aromatic N) is 4. The second-order valence-electron chi connectivity index (χ2n) is 8.53. The molecule has 0 spiro atoms. The SMILES string of the molecule is CC(C)(C)OC(=O)NC[C@@H](Nc1cc(C(F)(F)F)nc2ncnn12)C1CCCCC1. The molecule has 1 atom stereocenters. The minimum Gasteiger partial charge on any atom is -0.444 e. The quantitative estimate of drug-likeness (QED) is 0.747. The standard InChI is InChI=1S/C19H27F3N6O2/c1-18(2,3)30-17(29)23-10-13(12-7-5-4-6-8-12)26-15-9-14(19(20,21)22)27-16-24-11-25-28(15)16/h9,11-13,26H,4-8,10H2,1-3H3,(H,23,29)/t13-/m1/s1. The molecule has 30 heavy (non-hydrogen) atoms. The van der Waals surface area contributed by atoms with Crippen LogP contribution in [0.15, 0.2) is 12.4 Å². The van der Waals surface area contributed by atoms with Crippen molar-refractivity contribution in [2.24, 2.45) is 5.92 Å². The summed E-state index contributed by atoms with van der Waals surface area (Å²) in [5.41, 5.74) is -1.69. The molecule has 8 nitrogen and oxygen atoms in total. The van der Waals surface area contributed by atoms with Crippen LogP contribution in [0.1, 0.15) is 58.6 Å². The van der Waals surface area contributed by atoms with E-state index in [1.54, 1.807) is 20.8 Å². The van der Waals surface area contributed by atoms with E-state index in [0.29, 0.717) is 0 Å². The number of aromatic nitrogens is 4. The number of amides is 1. The van der Waals surface area contributed by atoms with Gasteiger partial charge in [0.2, 0.25) is 0 Å². The third kappa shape index (κ3) is 5.73. The van der Waals surface area contributed by atoms with Crippen molar-refractivity contribution in [3.63, 3.8) is 0 Å². The van der Waals surface area contributed by atoms with Crippen LogP contribution < -0.4 is 10.6 Å². The fraction of sp³-hybridized carbons (Fsp3) is 0.684. The van der Waals surface area contributed by atoms with E-state index in [1.807, 2.05) is 0 Å². The van der Waals surface area contributed by atoms with Crippen LogP contribution in [0.3, 0.4) is 0 Å². The maximum atomic E-state index is 13.3. The smallest absolute Gasteiger partial charge is 0.433 e. The van der Waals surface area contributed by atoms with E-state index in [2.05, 4.69) is 25.7 Å². The van der Waals surface area contributed by atoms with Crippen LogP contribution in [0.2, 0.25) is 0 Å². The van der Waals surface area contributed by atoms with Crippen LogP contribution >= 0.6 is 0 Å². The summed E-state index contributed by atoms with van der Waals surface area (Å²) in [5.74, 6) is 0.177. The Labute approximate surface area is 172 Å². The summed E-state index contributed by atoms with van der Waals surface area (Å²) in [5, 5.41) is 9.88. The molecule has 0 unspecified atom stereocenters. The number of fused-ring (bicyclic) bond motifs is 1. The van der Waals surface area contributed by atoms with Crippen molar-refractivity contribution in [2.75, 3.05) is 11.9 Å². The molecular formula is C19H27F3N6O2. The highest BCUT2D eigenvalue weighted by molar-refractivity contribution is 5.67. The molecule has 2 aromatic heterocycles. The van der Waals surface area contributed by atoms with E-state index in [0.717, 1.165) is 44.5 Å². The van der Waals surface area contributed by atoms with Gasteiger partial charge < -0.3 is 15.4 Å². The van der Waals surface area contributed by atoms with Crippen molar-refractivity contribution in [3.05, 3.63) is 18.1 Å². The zero-order chi connectivity index (χ0) is 21.9. The molecule has 0 saturated heterocycles. The molecule has 0 aromatic carbocycles. The molecule has 1 aliphatic rings. The van der Waals surface area contributed by atoms with Gasteiger partial charge in [0, 0.05) is 18.7 Å². The Morgan fingerprint density at radius 1 is 1.27 bits per heavy atom. The molecular weight excluding hydrogens is 401 g/mol. The molecule has 2 N–H and O–H groups in total. The first kappa shape index (κ1) is 22.1. The van der Waals surface area contributed by atoms with Gasteiger partial charge in [0.05, 0.1) is 0 Å². The van der Waals surface area contributed by atoms with Gasteiger partial charge in [-0.2, -0.15) is 27.8 Å². The lowest BCUT2D eigenvalue weighted by atomic mass is 9.84. The Morgan fingerprint density at radius 2 is 1.97 bits per heavy atom. The summed E-state index contributed by atoms with van der Waals surface area (Å²) in [7, 11) is 0. The van der Waals surface area contributed by atoms with Crippen LogP contribution in [0.5, 0.6) is 0 Å². The van der Waals surface area contributed by atoms with Crippen molar-refractivity contribution in [1.82, 2.24) is 24.9 Å². The molecule has 1 saturated carbocycles. The topological polar surface area (TPSA) is 93.4 Å². The van der Waals surface area contributed by atoms with Gasteiger partial charge >= 0.3 is 12.3 Å². The van der Waals surface area contributed by atoms with Crippen molar-refractivity contribution in [3.8, 4) is 0 Å². The van der Waals surface area contributed by atoms with Crippen LogP contribution in [-0.4, -0.2) is 43.9 Å². The molecule has 2 aromatic rings. The van der Waals surface area contributed by atoms with Crippen molar-refractivity contribution in [1.29, 1.82) is 0 Å². The highest BCUT2D eigenvalue weighted by Gasteiger charge is 2.35. The molecule has 0 aliphatic heterocycles. The summed E-state index contributed by atoms with van der Waals surface area (Å²) >= 11 is 0. The van der Waals surface area contributed by atoms with Gasteiger partial charge in [0.15, 0.2) is 5.69 Å². The largest absolute Gasteiger partial charge is 0.444 e. The van der Waals surface area contributed by atoms with Crippen LogP contribution in [0, 0.1) is 5.92 Å². The normalized spacial score (nSPS) is 17.0. The number of rotatable bonds is 5. The number of alkyl halides is 3. The second-order valence-corrected chi connectivity index (χ2v) is 8.53. The summed E-state index contributed by atoms with van der Waals surface area (Å²) in [6.45, 7) is 5.50. The minimum absolute atomic E-state index is 0.131. The minimum atomic E-state index is -4.61. The van der Waals surface area contributed by atoms with E-state index in [4.69, 9.17) is 4.74 Å². The maximum absolute atomic E-state index is 13.3. The second kappa shape index (κ2) is 8.65. The number of nitrogens with one attached hydrogen (secondary N) is 2. The van der Waals surface area contributed by atoms with Crippen molar-refractivity contribution < 1.29 is 22.7 Å². The number of hydrogen-bond donors (Lipinski definition) is 2. The summed E-state index contributed by atoms with van der Waals surface area (Å²) in [6.07, 6.45) is 1.03. The highest BCUT2D eigenvalue weighted by atomic mass is 19.4. The van der Waals surface area contributed by atoms with Gasteiger partial charge in [-0.25, -0.2) is 9.78 Å². The number of carbonyl (C=O) groups is 1. The number of anilines is 1. The lowest BCUT2D eigenvalue weighted by Crippen LogP contribution is -2.44. The Morgan fingerprint density at radius 3 is 2.60 bits per heavy atom. The molecule has 2 heterocycles. The molecule has 166 valence electrons. The van der Waals surface area contributed by atoms with Gasteiger partial charge in [-0.05, 0) is 39.5 Å². The number of halogens is 3. The monoisotopic (exact) mass is 428 g/mol. The van der Waals surface area contributed by atoms with E-state index < -0.39 is 23.6 Å². The predicted octanol–water partition coefficient (Wildman–Crippen LogP) is 4.03. The van der Waals surface area contributed by atoms with Crippen LogP contribution in [0.4, 0.5) is 23.8 Å². The Kier molecular flexibility index (Phi) is 6.37. The number of carbonyl (C=O) groups excluding carboxylic acids is 1. The number of ether oxygens (including phenoxy) is 1. The Balaban J connectivity index is 1.83. The first-order chi connectivity index (χ1) is 14.0. The zero-order valence-electron chi connectivity index (χ0n) is 17.3. The Hall–Kier alpha value is -2.59. The maximum Gasteiger partial charge on any atom is 0.433 e. The zero-order valence-corrected chi connectivity index (χ0v) is 17.3. The first-order valence-electron chi connectivity index (χ1n) is 10.0. The predicted molar refractivity (Wildman–Crippen MR) is 104 cm³/mol. The highest BCUT2D eigenvalue weighted by Crippen LogP contribution is 2.31. The molecule has 11 heteroatoms. The summed E-state index contributed by atoms with van der Waals surface area (Å²) in [4.78, 5) is 19.4. The van der Waals surface area contributed by atoms with Crippen LogP contribution in [0.25, 0.3) is 5.78 Å². The van der Waals surface area contributed by atoms with E-state index in [9.17, 15) is 18.0 Å². The van der Waals surface area contributed by atoms with Gasteiger partial charge in [0.1, 0.15) is 17.7 Å². The molecule has 1 fully saturated rings. The molecule has 0 bridgehead atoms. The molecule has 0 radical (unpaired) electrons. The first-order valence-corrected chi connectivity index (χ1v) is 10.0. The van der Waals surface area contributed by atoms with Gasteiger partial charge in [-0.3, -0.25) is 0 Å². The van der Waals surface area contributed by atoms with Gasteiger partial charge in [-0.15, -0.1) is 0 Å². The van der Waals surface area contributed by atoms with Crippen molar-refractivity contribution >= 4 is 17.7 Å². The molecule has 1 aliphatic carbocycles. The third-order valence-corrected chi connectivity index (χ3v) is 4.96. The van der Waals surface area contributed by atoms with Gasteiger partial charge in [-0.1, -0.05) is 19.3 Å². The summed E-state index contributed by atoms with van der Waals surface area (Å²) in [6, 6.07) is 0.624. The number of hydrogen-bond acceptors (Lipinski definition) is 6. The van der Waals surface area contributed by atoms with Gasteiger partial charge in [0.25, 0.3) is 5.78 Å². The average molecular weight is 428 g/mol. The fourth-order valence-corrected chi connectivity index (χ4v) is 3.63. The van der Waals surface area contributed by atoms with E-state index in [1.165, 1.54) is 4.52 Å². The molecule has 1 amide bonds. The lowest BCUT2D eigenvalue weighted by molar-refractivity contribution is -0.141. The average Bonchev–Trinajstić information content (AvgIpc) is 3.12. The van der Waals surface area contributed by atoms with E-state index >= 15 is 0 Å². The fourth-order valence-electron chi connectivity index (χ4n) is 3.63. The lowest BCUT2D eigenvalue weighted by Gasteiger charge is -2.32. The van der Waals surface area contributed by atoms with Crippen LogP contribution in [-0.2, 0) is 10.9 Å². The number of alkyl carbamates (subject to hydrolysis) is 1. The summed E-state index contributed by atoms with van der Waals surface area (Å²) < 4.78 is 46.4.